The molecule has 0 aliphatic rings. The number of hydrogen-bond donors (Lipinski definition) is 1. The van der Waals surface area contributed by atoms with Crippen LogP contribution in [0.1, 0.15) is 172 Å². The normalized spacial score (nSPS) is 11.4. The van der Waals surface area contributed by atoms with Crippen molar-refractivity contribution in [3.05, 3.63) is 28.8 Å². The lowest BCUT2D eigenvalue weighted by Gasteiger charge is -2.15. The molecule has 0 saturated heterocycles. The van der Waals surface area contributed by atoms with E-state index in [0.717, 1.165) is 19.3 Å². The zero-order valence-electron chi connectivity index (χ0n) is 23.6. The number of phenolic OH excluding ortho intramolecular Hbond substituents is 1. The fourth-order valence-corrected chi connectivity index (χ4v) is 5.25. The molecule has 0 aliphatic carbocycles. The molecule has 0 amide bonds. The lowest BCUT2D eigenvalue weighted by Crippen LogP contribution is -1.99. The zero-order chi connectivity index (χ0) is 24.7. The van der Waals surface area contributed by atoms with Crippen molar-refractivity contribution in [2.45, 2.75) is 175 Å². The van der Waals surface area contributed by atoms with Crippen LogP contribution >= 0.6 is 0 Å². The first-order chi connectivity index (χ1) is 16.7. The van der Waals surface area contributed by atoms with Crippen LogP contribution in [0.15, 0.2) is 12.1 Å². The van der Waals surface area contributed by atoms with Crippen molar-refractivity contribution >= 4 is 0 Å². The molecule has 1 N–H and O–H groups in total. The van der Waals surface area contributed by atoms with Crippen LogP contribution in [-0.2, 0) is 19.3 Å². The highest BCUT2D eigenvalue weighted by Crippen LogP contribution is 2.29. The SMILES string of the molecule is CCCCCCCCCc1cc(O)c(CCCCCCCCC)c(CCCCCCCCC)c1. The maximum atomic E-state index is 10.9. The van der Waals surface area contributed by atoms with Gasteiger partial charge in [-0.1, -0.05) is 142 Å². The molecular weight excluding hydrogens is 412 g/mol. The largest absolute Gasteiger partial charge is 0.508 e. The Bertz CT molecular complexity index is 576. The molecule has 0 fully saturated rings. The summed E-state index contributed by atoms with van der Waals surface area (Å²) in [4.78, 5) is 0. The minimum atomic E-state index is 0.587. The topological polar surface area (TPSA) is 20.2 Å². The van der Waals surface area contributed by atoms with Crippen molar-refractivity contribution in [2.24, 2.45) is 0 Å². The van der Waals surface area contributed by atoms with Gasteiger partial charge in [-0.05, 0) is 61.3 Å². The molecule has 0 atom stereocenters. The van der Waals surface area contributed by atoms with Gasteiger partial charge < -0.3 is 5.11 Å². The van der Waals surface area contributed by atoms with E-state index in [1.165, 1.54) is 152 Å². The summed E-state index contributed by atoms with van der Waals surface area (Å²) in [6.07, 6.45) is 31.6. The molecule has 1 nitrogen and oxygen atoms in total. The van der Waals surface area contributed by atoms with E-state index >= 15 is 0 Å². The van der Waals surface area contributed by atoms with Gasteiger partial charge in [-0.2, -0.15) is 0 Å². The van der Waals surface area contributed by atoms with E-state index in [2.05, 4.69) is 32.9 Å². The number of unbranched alkanes of at least 4 members (excludes halogenated alkanes) is 18. The second kappa shape index (κ2) is 22.5. The Morgan fingerprint density at radius 2 is 0.824 bits per heavy atom. The molecular formula is C33H60O. The second-order valence-corrected chi connectivity index (χ2v) is 10.9. The fraction of sp³-hybridized carbons (Fsp3) is 0.818. The smallest absolute Gasteiger partial charge is 0.119 e. The Kier molecular flexibility index (Phi) is 20.5. The van der Waals surface area contributed by atoms with Gasteiger partial charge in [0.15, 0.2) is 0 Å². The number of phenols is 1. The monoisotopic (exact) mass is 472 g/mol. The lowest BCUT2D eigenvalue weighted by molar-refractivity contribution is 0.463. The maximum absolute atomic E-state index is 10.9. The Morgan fingerprint density at radius 3 is 1.29 bits per heavy atom. The molecule has 1 heteroatoms. The number of aryl methyl sites for hydroxylation is 2. The van der Waals surface area contributed by atoms with E-state index < -0.39 is 0 Å². The Balaban J connectivity index is 2.55. The third-order valence-electron chi connectivity index (χ3n) is 7.53. The molecule has 0 heterocycles. The van der Waals surface area contributed by atoms with Crippen molar-refractivity contribution in [3.8, 4) is 5.75 Å². The summed E-state index contributed by atoms with van der Waals surface area (Å²) in [7, 11) is 0. The van der Waals surface area contributed by atoms with Crippen molar-refractivity contribution in [1.82, 2.24) is 0 Å². The second-order valence-electron chi connectivity index (χ2n) is 10.9. The molecule has 198 valence electrons. The summed E-state index contributed by atoms with van der Waals surface area (Å²) in [6.45, 7) is 6.86. The van der Waals surface area contributed by atoms with Gasteiger partial charge in [0.05, 0.1) is 0 Å². The minimum Gasteiger partial charge on any atom is -0.508 e. The summed E-state index contributed by atoms with van der Waals surface area (Å²) in [6, 6.07) is 4.56. The molecule has 1 aromatic carbocycles. The van der Waals surface area contributed by atoms with E-state index in [0.29, 0.717) is 5.75 Å². The van der Waals surface area contributed by atoms with Gasteiger partial charge in [0.25, 0.3) is 0 Å². The molecule has 0 aliphatic heterocycles. The highest BCUT2D eigenvalue weighted by Gasteiger charge is 2.11. The van der Waals surface area contributed by atoms with Crippen LogP contribution in [-0.4, -0.2) is 5.11 Å². The summed E-state index contributed by atoms with van der Waals surface area (Å²) < 4.78 is 0. The van der Waals surface area contributed by atoms with E-state index in [1.54, 1.807) is 0 Å². The van der Waals surface area contributed by atoms with E-state index in [4.69, 9.17) is 0 Å². The number of aromatic hydroxyl groups is 1. The molecule has 0 radical (unpaired) electrons. The van der Waals surface area contributed by atoms with Crippen LogP contribution in [0.3, 0.4) is 0 Å². The maximum Gasteiger partial charge on any atom is 0.119 e. The van der Waals surface area contributed by atoms with Gasteiger partial charge in [-0.3, -0.25) is 0 Å². The van der Waals surface area contributed by atoms with Crippen LogP contribution in [0.2, 0.25) is 0 Å². The lowest BCUT2D eigenvalue weighted by atomic mass is 9.92. The average molecular weight is 473 g/mol. The molecule has 0 spiro atoms. The van der Waals surface area contributed by atoms with E-state index in [1.807, 2.05) is 0 Å². The highest BCUT2D eigenvalue weighted by atomic mass is 16.3. The third kappa shape index (κ3) is 15.8. The number of hydrogen-bond acceptors (Lipinski definition) is 1. The number of rotatable bonds is 24. The first kappa shape index (κ1) is 31.1. The summed E-state index contributed by atoms with van der Waals surface area (Å²) >= 11 is 0. The first-order valence-corrected chi connectivity index (χ1v) is 15.6. The van der Waals surface area contributed by atoms with Crippen molar-refractivity contribution in [1.29, 1.82) is 0 Å². The van der Waals surface area contributed by atoms with Crippen molar-refractivity contribution < 1.29 is 5.11 Å². The quantitative estimate of drug-likeness (QED) is 0.148. The Labute approximate surface area is 214 Å². The standard InChI is InChI=1S/C33H60O/c1-4-7-10-13-16-19-22-25-30-28-31(26-23-20-17-14-11-8-5-2)32(33(34)29-30)27-24-21-18-15-12-9-6-3/h28-29,34H,4-27H2,1-3H3. The van der Waals surface area contributed by atoms with E-state index in [9.17, 15) is 5.11 Å². The zero-order valence-corrected chi connectivity index (χ0v) is 23.6. The summed E-state index contributed by atoms with van der Waals surface area (Å²) in [5.74, 6) is 0.587. The van der Waals surface area contributed by atoms with Gasteiger partial charge in [0, 0.05) is 0 Å². The van der Waals surface area contributed by atoms with Crippen molar-refractivity contribution in [2.75, 3.05) is 0 Å². The van der Waals surface area contributed by atoms with E-state index in [-0.39, 0.29) is 0 Å². The Hall–Kier alpha value is -0.980. The fourth-order valence-electron chi connectivity index (χ4n) is 5.25. The van der Waals surface area contributed by atoms with Gasteiger partial charge in [0.2, 0.25) is 0 Å². The molecule has 0 unspecified atom stereocenters. The van der Waals surface area contributed by atoms with Crippen molar-refractivity contribution in [3.63, 3.8) is 0 Å². The van der Waals surface area contributed by atoms with Crippen LogP contribution in [0.25, 0.3) is 0 Å². The molecule has 34 heavy (non-hydrogen) atoms. The molecule has 0 aromatic heterocycles. The molecule has 1 rings (SSSR count). The molecule has 0 saturated carbocycles. The van der Waals surface area contributed by atoms with Crippen LogP contribution in [0.5, 0.6) is 5.75 Å². The van der Waals surface area contributed by atoms with Crippen LogP contribution < -0.4 is 0 Å². The Morgan fingerprint density at radius 1 is 0.441 bits per heavy atom. The summed E-state index contributed by atoms with van der Waals surface area (Å²) in [5, 5.41) is 10.9. The molecule has 0 bridgehead atoms. The third-order valence-corrected chi connectivity index (χ3v) is 7.53. The van der Waals surface area contributed by atoms with Gasteiger partial charge in [-0.15, -0.1) is 0 Å². The average Bonchev–Trinajstić information content (AvgIpc) is 2.83. The van der Waals surface area contributed by atoms with Crippen LogP contribution in [0, 0.1) is 0 Å². The predicted octanol–water partition coefficient (Wildman–Crippen LogP) is 11.3. The number of benzene rings is 1. The van der Waals surface area contributed by atoms with Gasteiger partial charge in [0.1, 0.15) is 5.75 Å². The van der Waals surface area contributed by atoms with Crippen LogP contribution in [0.4, 0.5) is 0 Å². The first-order valence-electron chi connectivity index (χ1n) is 15.6. The predicted molar refractivity (Wildman–Crippen MR) is 153 cm³/mol. The molecule has 1 aromatic rings. The highest BCUT2D eigenvalue weighted by molar-refractivity contribution is 5.43. The van der Waals surface area contributed by atoms with Gasteiger partial charge in [-0.25, -0.2) is 0 Å². The summed E-state index contributed by atoms with van der Waals surface area (Å²) in [5.41, 5.74) is 4.09. The minimum absolute atomic E-state index is 0.587. The van der Waals surface area contributed by atoms with Gasteiger partial charge >= 0.3 is 0 Å².